The van der Waals surface area contributed by atoms with E-state index in [4.69, 9.17) is 14.6 Å². The van der Waals surface area contributed by atoms with Gasteiger partial charge in [-0.3, -0.25) is 4.79 Å². The Morgan fingerprint density at radius 3 is 2.19 bits per heavy atom. The second-order valence-electron chi connectivity index (χ2n) is 4.85. The molecule has 0 bridgehead atoms. The molecule has 0 aromatic heterocycles. The van der Waals surface area contributed by atoms with Crippen molar-refractivity contribution in [3.05, 3.63) is 23.8 Å². The summed E-state index contributed by atoms with van der Waals surface area (Å²) >= 11 is 0. The molecule has 0 aliphatic carbocycles. The van der Waals surface area contributed by atoms with Gasteiger partial charge in [-0.25, -0.2) is 0 Å². The molecule has 0 aliphatic heterocycles. The molecular formula is C16H21NO4. The highest BCUT2D eigenvalue weighted by atomic mass is 16.5. The SMILES string of the molecule is CCC(CCC(C#N)c1cc(OC)cc(OC)c1)C(=O)O. The summed E-state index contributed by atoms with van der Waals surface area (Å²) in [7, 11) is 3.11. The predicted molar refractivity (Wildman–Crippen MR) is 78.6 cm³/mol. The molecule has 2 unspecified atom stereocenters. The number of ether oxygens (including phenoxy) is 2. The Kier molecular flexibility index (Phi) is 6.54. The normalized spacial score (nSPS) is 13.0. The van der Waals surface area contributed by atoms with Crippen LogP contribution in [0.4, 0.5) is 0 Å². The number of nitriles is 1. The number of aliphatic carboxylic acids is 1. The van der Waals surface area contributed by atoms with Crippen LogP contribution < -0.4 is 9.47 Å². The van der Waals surface area contributed by atoms with E-state index in [1.807, 2.05) is 6.92 Å². The molecule has 0 amide bonds. The van der Waals surface area contributed by atoms with Crippen LogP contribution in [0.3, 0.4) is 0 Å². The lowest BCUT2D eigenvalue weighted by Gasteiger charge is -2.15. The van der Waals surface area contributed by atoms with Gasteiger partial charge in [0.05, 0.1) is 32.1 Å². The van der Waals surface area contributed by atoms with Crippen molar-refractivity contribution in [2.24, 2.45) is 5.92 Å². The maximum Gasteiger partial charge on any atom is 0.306 e. The number of rotatable bonds is 8. The molecule has 0 aliphatic rings. The van der Waals surface area contributed by atoms with E-state index in [9.17, 15) is 10.1 Å². The van der Waals surface area contributed by atoms with E-state index in [0.29, 0.717) is 30.8 Å². The van der Waals surface area contributed by atoms with Crippen molar-refractivity contribution in [1.82, 2.24) is 0 Å². The molecule has 1 rings (SSSR count). The zero-order valence-electron chi connectivity index (χ0n) is 12.6. The number of hydrogen-bond donors (Lipinski definition) is 1. The lowest BCUT2D eigenvalue weighted by atomic mass is 9.90. The summed E-state index contributed by atoms with van der Waals surface area (Å²) in [6, 6.07) is 7.56. The van der Waals surface area contributed by atoms with Gasteiger partial charge in [-0.15, -0.1) is 0 Å². The highest BCUT2D eigenvalue weighted by Gasteiger charge is 2.19. The van der Waals surface area contributed by atoms with Crippen molar-refractivity contribution >= 4 is 5.97 Å². The lowest BCUT2D eigenvalue weighted by molar-refractivity contribution is -0.142. The number of carboxylic acids is 1. The van der Waals surface area contributed by atoms with Crippen molar-refractivity contribution in [1.29, 1.82) is 5.26 Å². The Hall–Kier alpha value is -2.22. The van der Waals surface area contributed by atoms with E-state index in [1.165, 1.54) is 0 Å². The highest BCUT2D eigenvalue weighted by molar-refractivity contribution is 5.69. The molecule has 2 atom stereocenters. The van der Waals surface area contributed by atoms with Crippen LogP contribution in [0.25, 0.3) is 0 Å². The Labute approximate surface area is 125 Å². The van der Waals surface area contributed by atoms with E-state index in [2.05, 4.69) is 6.07 Å². The van der Waals surface area contributed by atoms with Crippen LogP contribution in [0.2, 0.25) is 0 Å². The van der Waals surface area contributed by atoms with Crippen LogP contribution in [0, 0.1) is 17.2 Å². The molecule has 0 saturated carbocycles. The zero-order valence-corrected chi connectivity index (χ0v) is 12.6. The molecule has 1 aromatic carbocycles. The van der Waals surface area contributed by atoms with E-state index < -0.39 is 11.9 Å². The summed E-state index contributed by atoms with van der Waals surface area (Å²) in [6.07, 6.45) is 1.54. The quantitative estimate of drug-likeness (QED) is 0.795. The van der Waals surface area contributed by atoms with Crippen LogP contribution >= 0.6 is 0 Å². The Morgan fingerprint density at radius 2 is 1.81 bits per heavy atom. The average Bonchev–Trinajstić information content (AvgIpc) is 2.50. The van der Waals surface area contributed by atoms with Crippen molar-refractivity contribution in [2.45, 2.75) is 32.1 Å². The Bertz CT molecular complexity index is 499. The average molecular weight is 291 g/mol. The van der Waals surface area contributed by atoms with Crippen LogP contribution in [0.5, 0.6) is 11.5 Å². The summed E-state index contributed by atoms with van der Waals surface area (Å²) in [5.74, 6) is -0.349. The molecule has 1 N–H and O–H groups in total. The second-order valence-corrected chi connectivity index (χ2v) is 4.85. The first-order valence-corrected chi connectivity index (χ1v) is 6.91. The topological polar surface area (TPSA) is 79.5 Å². The van der Waals surface area contributed by atoms with Crippen molar-refractivity contribution in [3.63, 3.8) is 0 Å². The minimum Gasteiger partial charge on any atom is -0.497 e. The lowest BCUT2D eigenvalue weighted by Crippen LogP contribution is -2.13. The third-order valence-corrected chi connectivity index (χ3v) is 3.58. The largest absolute Gasteiger partial charge is 0.497 e. The monoisotopic (exact) mass is 291 g/mol. The fourth-order valence-electron chi connectivity index (χ4n) is 2.21. The fourth-order valence-corrected chi connectivity index (χ4v) is 2.21. The molecule has 21 heavy (non-hydrogen) atoms. The first kappa shape index (κ1) is 16.8. The second kappa shape index (κ2) is 8.15. The number of methoxy groups -OCH3 is 2. The summed E-state index contributed by atoms with van der Waals surface area (Å²) in [5, 5.41) is 18.4. The summed E-state index contributed by atoms with van der Waals surface area (Å²) in [5.41, 5.74) is 0.786. The standard InChI is InChI=1S/C16H21NO4/c1-4-11(16(18)19)5-6-12(10-17)13-7-14(20-2)9-15(8-13)21-3/h7-9,11-12H,4-6H2,1-3H3,(H,18,19). The first-order valence-electron chi connectivity index (χ1n) is 6.91. The van der Waals surface area contributed by atoms with E-state index in [1.54, 1.807) is 32.4 Å². The highest BCUT2D eigenvalue weighted by Crippen LogP contribution is 2.30. The van der Waals surface area contributed by atoms with Crippen LogP contribution in [-0.2, 0) is 4.79 Å². The van der Waals surface area contributed by atoms with Gasteiger partial charge in [0.15, 0.2) is 0 Å². The minimum atomic E-state index is -0.808. The molecule has 114 valence electrons. The van der Waals surface area contributed by atoms with Gasteiger partial charge in [0.1, 0.15) is 11.5 Å². The molecule has 1 aromatic rings. The summed E-state index contributed by atoms with van der Waals surface area (Å²) < 4.78 is 10.4. The van der Waals surface area contributed by atoms with Crippen molar-refractivity contribution < 1.29 is 19.4 Å². The molecule has 5 heteroatoms. The number of benzene rings is 1. The minimum absolute atomic E-state index is 0.373. The van der Waals surface area contributed by atoms with Crippen LogP contribution in [0.15, 0.2) is 18.2 Å². The van der Waals surface area contributed by atoms with Gasteiger partial charge < -0.3 is 14.6 Å². The molecule has 0 heterocycles. The van der Waals surface area contributed by atoms with E-state index in [-0.39, 0.29) is 5.92 Å². The number of nitrogens with zero attached hydrogens (tertiary/aromatic N) is 1. The molecule has 0 spiro atoms. The maximum atomic E-state index is 11.0. The third-order valence-electron chi connectivity index (χ3n) is 3.58. The Balaban J connectivity index is 2.90. The molecule has 0 saturated heterocycles. The van der Waals surface area contributed by atoms with E-state index >= 15 is 0 Å². The number of carboxylic acid groups (broad SMARTS) is 1. The van der Waals surface area contributed by atoms with Crippen molar-refractivity contribution in [2.75, 3.05) is 14.2 Å². The van der Waals surface area contributed by atoms with Gasteiger partial charge in [0.2, 0.25) is 0 Å². The fraction of sp³-hybridized carbons (Fsp3) is 0.500. The predicted octanol–water partition coefficient (Wildman–Crippen LogP) is 3.20. The van der Waals surface area contributed by atoms with Gasteiger partial charge in [0, 0.05) is 6.07 Å². The first-order chi connectivity index (χ1) is 10.0. The molecule has 0 radical (unpaired) electrons. The molecular weight excluding hydrogens is 270 g/mol. The molecule has 0 fully saturated rings. The van der Waals surface area contributed by atoms with Crippen molar-refractivity contribution in [3.8, 4) is 17.6 Å². The molecule has 5 nitrogen and oxygen atoms in total. The summed E-state index contributed by atoms with van der Waals surface area (Å²) in [6.45, 7) is 1.84. The van der Waals surface area contributed by atoms with Gasteiger partial charge in [-0.05, 0) is 37.0 Å². The number of hydrogen-bond acceptors (Lipinski definition) is 4. The van der Waals surface area contributed by atoms with Crippen LogP contribution in [-0.4, -0.2) is 25.3 Å². The maximum absolute atomic E-state index is 11.0. The Morgan fingerprint density at radius 1 is 1.24 bits per heavy atom. The zero-order chi connectivity index (χ0) is 15.8. The van der Waals surface area contributed by atoms with E-state index in [0.717, 1.165) is 5.56 Å². The number of carbonyl (C=O) groups is 1. The smallest absolute Gasteiger partial charge is 0.306 e. The van der Waals surface area contributed by atoms with Gasteiger partial charge in [0.25, 0.3) is 0 Å². The van der Waals surface area contributed by atoms with Gasteiger partial charge in [-0.2, -0.15) is 5.26 Å². The summed E-state index contributed by atoms with van der Waals surface area (Å²) in [4.78, 5) is 11.0. The van der Waals surface area contributed by atoms with Gasteiger partial charge >= 0.3 is 5.97 Å². The van der Waals surface area contributed by atoms with Crippen LogP contribution in [0.1, 0.15) is 37.7 Å². The third kappa shape index (κ3) is 4.67. The van der Waals surface area contributed by atoms with Gasteiger partial charge in [-0.1, -0.05) is 6.92 Å².